The summed E-state index contributed by atoms with van der Waals surface area (Å²) < 4.78 is 1.60. The van der Waals surface area contributed by atoms with Crippen LogP contribution < -0.4 is 11.1 Å². The van der Waals surface area contributed by atoms with E-state index in [4.69, 9.17) is 5.73 Å². The van der Waals surface area contributed by atoms with E-state index in [9.17, 15) is 4.79 Å². The van der Waals surface area contributed by atoms with E-state index in [2.05, 4.69) is 20.6 Å². The summed E-state index contributed by atoms with van der Waals surface area (Å²) >= 11 is 1.35. The molecular formula is C10H14N6OS. The van der Waals surface area contributed by atoms with E-state index in [0.717, 1.165) is 11.4 Å². The Hall–Kier alpha value is -1.80. The van der Waals surface area contributed by atoms with Gasteiger partial charge in [0.15, 0.2) is 0 Å². The maximum Gasteiger partial charge on any atom is 0.247 e. The lowest BCUT2D eigenvalue weighted by molar-refractivity contribution is -0.117. The Balaban J connectivity index is 2.03. The van der Waals surface area contributed by atoms with Crippen molar-refractivity contribution in [1.29, 1.82) is 0 Å². The lowest BCUT2D eigenvalue weighted by Crippen LogP contribution is -2.27. The molecule has 0 spiro atoms. The molecule has 3 N–H and O–H groups in total. The number of hydrogen-bond donors (Lipinski definition) is 2. The Labute approximate surface area is 108 Å². The molecule has 8 heteroatoms. The molecule has 18 heavy (non-hydrogen) atoms. The molecule has 0 aliphatic heterocycles. The zero-order chi connectivity index (χ0) is 13.1. The summed E-state index contributed by atoms with van der Waals surface area (Å²) in [6.07, 6.45) is 4.08. The van der Waals surface area contributed by atoms with E-state index < -0.39 is 6.04 Å². The second-order valence-electron chi connectivity index (χ2n) is 3.77. The first kappa shape index (κ1) is 12.7. The van der Waals surface area contributed by atoms with Gasteiger partial charge in [0.1, 0.15) is 11.0 Å². The maximum atomic E-state index is 11.9. The van der Waals surface area contributed by atoms with E-state index in [1.165, 1.54) is 11.3 Å². The van der Waals surface area contributed by atoms with Crippen LogP contribution in [0.4, 0.5) is 5.13 Å². The van der Waals surface area contributed by atoms with Crippen LogP contribution >= 0.6 is 11.3 Å². The van der Waals surface area contributed by atoms with Gasteiger partial charge in [0.2, 0.25) is 11.0 Å². The molecular weight excluding hydrogens is 252 g/mol. The Morgan fingerprint density at radius 1 is 1.61 bits per heavy atom. The summed E-state index contributed by atoms with van der Waals surface area (Å²) in [6, 6.07) is -0.757. The van der Waals surface area contributed by atoms with Crippen molar-refractivity contribution < 1.29 is 4.79 Å². The monoisotopic (exact) mass is 266 g/mol. The van der Waals surface area contributed by atoms with Crippen LogP contribution in [-0.2, 0) is 18.3 Å². The fraction of sp³-hybridized carbons (Fsp3) is 0.400. The molecule has 0 fully saturated rings. The van der Waals surface area contributed by atoms with Crippen molar-refractivity contribution in [2.75, 3.05) is 5.32 Å². The van der Waals surface area contributed by atoms with Crippen LogP contribution in [0.25, 0.3) is 0 Å². The molecule has 0 radical (unpaired) electrons. The van der Waals surface area contributed by atoms with E-state index in [-0.39, 0.29) is 5.91 Å². The summed E-state index contributed by atoms with van der Waals surface area (Å²) in [4.78, 5) is 11.9. The zero-order valence-electron chi connectivity index (χ0n) is 10.1. The summed E-state index contributed by atoms with van der Waals surface area (Å²) in [6.45, 7) is 1.98. The second-order valence-corrected chi connectivity index (χ2v) is 4.83. The van der Waals surface area contributed by atoms with Crippen molar-refractivity contribution in [3.8, 4) is 0 Å². The molecule has 0 saturated carbocycles. The minimum Gasteiger partial charge on any atom is -0.316 e. The lowest BCUT2D eigenvalue weighted by Gasteiger charge is -2.07. The van der Waals surface area contributed by atoms with Crippen LogP contribution in [0.5, 0.6) is 0 Å². The third kappa shape index (κ3) is 2.71. The number of carbonyl (C=O) groups excluding carboxylic acids is 1. The Morgan fingerprint density at radius 3 is 2.94 bits per heavy atom. The number of amides is 1. The number of aryl methyl sites for hydroxylation is 2. The normalized spacial score (nSPS) is 12.4. The number of nitrogens with one attached hydrogen (secondary N) is 1. The fourth-order valence-corrected chi connectivity index (χ4v) is 2.06. The highest BCUT2D eigenvalue weighted by Crippen LogP contribution is 2.17. The molecule has 1 amide bonds. The van der Waals surface area contributed by atoms with Crippen LogP contribution in [0.1, 0.15) is 23.5 Å². The van der Waals surface area contributed by atoms with Crippen molar-refractivity contribution >= 4 is 22.4 Å². The highest BCUT2D eigenvalue weighted by molar-refractivity contribution is 7.15. The third-order valence-corrected chi connectivity index (χ3v) is 3.35. The molecule has 2 heterocycles. The van der Waals surface area contributed by atoms with Crippen LogP contribution in [0.15, 0.2) is 12.4 Å². The predicted octanol–water partition coefficient (Wildman–Crippen LogP) is 0.473. The van der Waals surface area contributed by atoms with Gasteiger partial charge in [0.05, 0.1) is 6.20 Å². The third-order valence-electron chi connectivity index (χ3n) is 2.37. The van der Waals surface area contributed by atoms with E-state index in [1.54, 1.807) is 24.1 Å². The first-order chi connectivity index (χ1) is 8.60. The van der Waals surface area contributed by atoms with Crippen molar-refractivity contribution in [2.45, 2.75) is 19.4 Å². The summed E-state index contributed by atoms with van der Waals surface area (Å²) in [5.41, 5.74) is 6.49. The number of anilines is 1. The molecule has 0 aliphatic carbocycles. The molecule has 2 aromatic rings. The van der Waals surface area contributed by atoms with Crippen molar-refractivity contribution in [3.63, 3.8) is 0 Å². The average molecular weight is 266 g/mol. The van der Waals surface area contributed by atoms with Crippen molar-refractivity contribution in [3.05, 3.63) is 23.0 Å². The maximum absolute atomic E-state index is 11.9. The quantitative estimate of drug-likeness (QED) is 0.838. The van der Waals surface area contributed by atoms with Gasteiger partial charge < -0.3 is 5.73 Å². The molecule has 0 saturated heterocycles. The molecule has 2 rings (SSSR count). The van der Waals surface area contributed by atoms with Gasteiger partial charge in [0.25, 0.3) is 0 Å². The van der Waals surface area contributed by atoms with Gasteiger partial charge in [-0.25, -0.2) is 0 Å². The standard InChI is InChI=1S/C10H14N6OS/c1-3-7-14-15-10(18-7)13-9(17)8(11)6-4-12-16(2)5-6/h4-5,8H,3,11H2,1-2H3,(H,13,15,17). The molecule has 96 valence electrons. The minimum absolute atomic E-state index is 0.318. The van der Waals surface area contributed by atoms with E-state index >= 15 is 0 Å². The highest BCUT2D eigenvalue weighted by Gasteiger charge is 2.18. The largest absolute Gasteiger partial charge is 0.316 e. The zero-order valence-corrected chi connectivity index (χ0v) is 10.9. The van der Waals surface area contributed by atoms with Gasteiger partial charge in [-0.1, -0.05) is 18.3 Å². The molecule has 1 unspecified atom stereocenters. The summed E-state index contributed by atoms with van der Waals surface area (Å²) in [5.74, 6) is -0.318. The first-order valence-electron chi connectivity index (χ1n) is 5.47. The Kier molecular flexibility index (Phi) is 3.68. The summed E-state index contributed by atoms with van der Waals surface area (Å²) in [5, 5.41) is 15.8. The molecule has 0 aromatic carbocycles. The molecule has 7 nitrogen and oxygen atoms in total. The number of carbonyl (C=O) groups is 1. The summed E-state index contributed by atoms with van der Waals surface area (Å²) in [7, 11) is 1.77. The van der Waals surface area contributed by atoms with Crippen molar-refractivity contribution in [1.82, 2.24) is 20.0 Å². The average Bonchev–Trinajstić information content (AvgIpc) is 2.97. The van der Waals surface area contributed by atoms with Gasteiger partial charge in [-0.15, -0.1) is 10.2 Å². The predicted molar refractivity (Wildman–Crippen MR) is 68.1 cm³/mol. The lowest BCUT2D eigenvalue weighted by atomic mass is 10.1. The number of rotatable bonds is 4. The smallest absolute Gasteiger partial charge is 0.247 e. The second kappa shape index (κ2) is 5.23. The number of nitrogens with two attached hydrogens (primary N) is 1. The van der Waals surface area contributed by atoms with Gasteiger partial charge in [-0.2, -0.15) is 5.10 Å². The molecule has 0 bridgehead atoms. The first-order valence-corrected chi connectivity index (χ1v) is 6.29. The topological polar surface area (TPSA) is 98.7 Å². The van der Waals surface area contributed by atoms with Crippen LogP contribution in [-0.4, -0.2) is 25.9 Å². The molecule has 1 atom stereocenters. The van der Waals surface area contributed by atoms with E-state index in [0.29, 0.717) is 10.7 Å². The molecule has 2 aromatic heterocycles. The van der Waals surface area contributed by atoms with Gasteiger partial charge in [-0.3, -0.25) is 14.8 Å². The van der Waals surface area contributed by atoms with Crippen LogP contribution in [0.3, 0.4) is 0 Å². The highest BCUT2D eigenvalue weighted by atomic mass is 32.1. The number of aromatic nitrogens is 4. The fourth-order valence-electron chi connectivity index (χ4n) is 1.38. The van der Waals surface area contributed by atoms with Gasteiger partial charge >= 0.3 is 0 Å². The minimum atomic E-state index is -0.757. The van der Waals surface area contributed by atoms with Crippen LogP contribution in [0, 0.1) is 0 Å². The number of hydrogen-bond acceptors (Lipinski definition) is 6. The van der Waals surface area contributed by atoms with E-state index in [1.807, 2.05) is 6.92 Å². The molecule has 0 aliphatic rings. The van der Waals surface area contributed by atoms with Crippen molar-refractivity contribution in [2.24, 2.45) is 12.8 Å². The number of nitrogens with zero attached hydrogens (tertiary/aromatic N) is 4. The Morgan fingerprint density at radius 2 is 2.39 bits per heavy atom. The Bertz CT molecular complexity index is 548. The van der Waals surface area contributed by atoms with Gasteiger partial charge in [-0.05, 0) is 6.42 Å². The van der Waals surface area contributed by atoms with Gasteiger partial charge in [0, 0.05) is 18.8 Å². The van der Waals surface area contributed by atoms with Crippen LogP contribution in [0.2, 0.25) is 0 Å². The SMILES string of the molecule is CCc1nnc(NC(=O)C(N)c2cnn(C)c2)s1.